The maximum absolute atomic E-state index is 10.6. The number of rotatable bonds is 5. The summed E-state index contributed by atoms with van der Waals surface area (Å²) in [6.07, 6.45) is 0. The average molecular weight is 264 g/mol. The Kier molecular flexibility index (Phi) is 4.63. The summed E-state index contributed by atoms with van der Waals surface area (Å²) < 4.78 is 5.42. The molecule has 0 radical (unpaired) electrons. The number of ether oxygens (including phenoxy) is 1. The minimum atomic E-state index is -0.755. The molecule has 0 spiro atoms. The molecule has 0 atom stereocenters. The third-order valence-electron chi connectivity index (χ3n) is 3.24. The zero-order chi connectivity index (χ0) is 13.7. The molecule has 1 N–H and O–H groups in total. The van der Waals surface area contributed by atoms with Gasteiger partial charge in [0.05, 0.1) is 13.2 Å². The van der Waals surface area contributed by atoms with Crippen molar-refractivity contribution in [2.45, 2.75) is 6.92 Å². The highest BCUT2D eigenvalue weighted by atomic mass is 16.5. The monoisotopic (exact) mass is 264 g/mol. The van der Waals surface area contributed by atoms with E-state index in [-0.39, 0.29) is 6.54 Å². The highest BCUT2D eigenvalue weighted by molar-refractivity contribution is 5.69. The van der Waals surface area contributed by atoms with Crippen LogP contribution < -0.4 is 9.64 Å². The van der Waals surface area contributed by atoms with Gasteiger partial charge in [0.25, 0.3) is 0 Å². The van der Waals surface area contributed by atoms with Gasteiger partial charge >= 0.3 is 5.97 Å². The topological polar surface area (TPSA) is 53.0 Å². The number of anilines is 1. The Bertz CT molecular complexity index is 411. The first-order valence-electron chi connectivity index (χ1n) is 6.61. The van der Waals surface area contributed by atoms with E-state index in [1.807, 2.05) is 24.0 Å². The number of carboxylic acids is 1. The van der Waals surface area contributed by atoms with Crippen LogP contribution in [0, 0.1) is 0 Å². The largest absolute Gasteiger partial charge is 0.494 e. The molecule has 0 aliphatic carbocycles. The van der Waals surface area contributed by atoms with E-state index < -0.39 is 5.97 Å². The molecule has 1 saturated heterocycles. The third kappa shape index (κ3) is 3.86. The second kappa shape index (κ2) is 6.43. The fraction of sp³-hybridized carbons (Fsp3) is 0.500. The third-order valence-corrected chi connectivity index (χ3v) is 3.24. The summed E-state index contributed by atoms with van der Waals surface area (Å²) in [5, 5.41) is 8.76. The summed E-state index contributed by atoms with van der Waals surface area (Å²) in [6.45, 7) is 6.08. The van der Waals surface area contributed by atoms with Crippen LogP contribution in [0.3, 0.4) is 0 Å². The second-order valence-electron chi connectivity index (χ2n) is 4.58. The first-order valence-corrected chi connectivity index (χ1v) is 6.61. The SMILES string of the molecule is CCOc1ccc(N2CCN(CC(=O)O)CC2)cc1. The molecule has 1 heterocycles. The van der Waals surface area contributed by atoms with Gasteiger partial charge in [0.2, 0.25) is 0 Å². The summed E-state index contributed by atoms with van der Waals surface area (Å²) in [6, 6.07) is 8.06. The number of hydrogen-bond acceptors (Lipinski definition) is 4. The minimum absolute atomic E-state index is 0.136. The lowest BCUT2D eigenvalue weighted by molar-refractivity contribution is -0.138. The van der Waals surface area contributed by atoms with Crippen molar-refractivity contribution in [3.63, 3.8) is 0 Å². The van der Waals surface area contributed by atoms with E-state index in [4.69, 9.17) is 9.84 Å². The Balaban J connectivity index is 1.88. The predicted molar refractivity (Wildman–Crippen MR) is 73.9 cm³/mol. The van der Waals surface area contributed by atoms with Crippen LogP contribution in [-0.2, 0) is 4.79 Å². The van der Waals surface area contributed by atoms with Crippen LogP contribution in [0.5, 0.6) is 5.75 Å². The molecule has 1 aromatic carbocycles. The summed E-state index contributed by atoms with van der Waals surface area (Å²) in [4.78, 5) is 14.9. The number of carboxylic acid groups (broad SMARTS) is 1. The van der Waals surface area contributed by atoms with E-state index in [1.165, 1.54) is 5.69 Å². The summed E-state index contributed by atoms with van der Waals surface area (Å²) in [5.74, 6) is 0.130. The summed E-state index contributed by atoms with van der Waals surface area (Å²) in [7, 11) is 0. The van der Waals surface area contributed by atoms with Crippen molar-refractivity contribution in [1.29, 1.82) is 0 Å². The van der Waals surface area contributed by atoms with Gasteiger partial charge in [-0.2, -0.15) is 0 Å². The van der Waals surface area contributed by atoms with E-state index in [0.717, 1.165) is 31.9 Å². The van der Waals surface area contributed by atoms with Gasteiger partial charge in [-0.15, -0.1) is 0 Å². The Morgan fingerprint density at radius 1 is 1.21 bits per heavy atom. The normalized spacial score (nSPS) is 16.4. The van der Waals surface area contributed by atoms with Gasteiger partial charge in [0.15, 0.2) is 0 Å². The molecule has 0 unspecified atom stereocenters. The van der Waals surface area contributed by atoms with E-state index in [2.05, 4.69) is 17.0 Å². The summed E-state index contributed by atoms with van der Waals surface area (Å²) in [5.41, 5.74) is 1.17. The van der Waals surface area contributed by atoms with Crippen LogP contribution in [0.4, 0.5) is 5.69 Å². The number of benzene rings is 1. The highest BCUT2D eigenvalue weighted by Gasteiger charge is 2.18. The van der Waals surface area contributed by atoms with Crippen LogP contribution in [0.25, 0.3) is 0 Å². The fourth-order valence-corrected chi connectivity index (χ4v) is 2.28. The van der Waals surface area contributed by atoms with Gasteiger partial charge in [-0.25, -0.2) is 0 Å². The molecule has 2 rings (SSSR count). The van der Waals surface area contributed by atoms with Crippen molar-refractivity contribution < 1.29 is 14.6 Å². The van der Waals surface area contributed by atoms with Crippen molar-refractivity contribution >= 4 is 11.7 Å². The smallest absolute Gasteiger partial charge is 0.317 e. The van der Waals surface area contributed by atoms with Crippen molar-refractivity contribution in [3.8, 4) is 5.75 Å². The van der Waals surface area contributed by atoms with E-state index in [1.54, 1.807) is 0 Å². The van der Waals surface area contributed by atoms with Gasteiger partial charge in [0, 0.05) is 31.9 Å². The van der Waals surface area contributed by atoms with Crippen molar-refractivity contribution in [2.75, 3.05) is 44.2 Å². The van der Waals surface area contributed by atoms with Gasteiger partial charge in [-0.3, -0.25) is 9.69 Å². The Morgan fingerprint density at radius 2 is 1.84 bits per heavy atom. The van der Waals surface area contributed by atoms with Crippen molar-refractivity contribution in [1.82, 2.24) is 4.90 Å². The number of nitrogens with zero attached hydrogens (tertiary/aromatic N) is 2. The lowest BCUT2D eigenvalue weighted by atomic mass is 10.2. The Morgan fingerprint density at radius 3 is 2.37 bits per heavy atom. The fourth-order valence-electron chi connectivity index (χ4n) is 2.28. The first-order chi connectivity index (χ1) is 9.19. The lowest BCUT2D eigenvalue weighted by Crippen LogP contribution is -2.47. The molecule has 19 heavy (non-hydrogen) atoms. The van der Waals surface area contributed by atoms with Crippen LogP contribution in [0.15, 0.2) is 24.3 Å². The van der Waals surface area contributed by atoms with Gasteiger partial charge in [-0.05, 0) is 31.2 Å². The Hall–Kier alpha value is -1.75. The summed E-state index contributed by atoms with van der Waals surface area (Å²) >= 11 is 0. The first kappa shape index (κ1) is 13.7. The molecule has 1 fully saturated rings. The number of hydrogen-bond donors (Lipinski definition) is 1. The number of aliphatic carboxylic acids is 1. The predicted octanol–water partition coefficient (Wildman–Crippen LogP) is 1.29. The molecule has 104 valence electrons. The molecule has 0 amide bonds. The number of carbonyl (C=O) groups is 1. The van der Waals surface area contributed by atoms with E-state index in [0.29, 0.717) is 6.61 Å². The molecule has 5 heteroatoms. The van der Waals surface area contributed by atoms with E-state index >= 15 is 0 Å². The standard InChI is InChI=1S/C14H20N2O3/c1-2-19-13-5-3-12(4-6-13)16-9-7-15(8-10-16)11-14(17)18/h3-6H,2,7-11H2,1H3,(H,17,18). The van der Waals surface area contributed by atoms with Crippen LogP contribution in [-0.4, -0.2) is 55.3 Å². The maximum atomic E-state index is 10.6. The van der Waals surface area contributed by atoms with Crippen LogP contribution >= 0.6 is 0 Å². The second-order valence-corrected chi connectivity index (χ2v) is 4.58. The minimum Gasteiger partial charge on any atom is -0.494 e. The van der Waals surface area contributed by atoms with Gasteiger partial charge < -0.3 is 14.7 Å². The highest BCUT2D eigenvalue weighted by Crippen LogP contribution is 2.20. The molecule has 0 bridgehead atoms. The van der Waals surface area contributed by atoms with E-state index in [9.17, 15) is 4.79 Å². The molecule has 5 nitrogen and oxygen atoms in total. The molecule has 0 saturated carbocycles. The molecule has 1 aromatic rings. The van der Waals surface area contributed by atoms with Crippen molar-refractivity contribution in [2.24, 2.45) is 0 Å². The zero-order valence-corrected chi connectivity index (χ0v) is 11.2. The molecule has 1 aliphatic heterocycles. The molecule has 0 aromatic heterocycles. The number of piperazine rings is 1. The maximum Gasteiger partial charge on any atom is 0.317 e. The Labute approximate surface area is 113 Å². The quantitative estimate of drug-likeness (QED) is 0.868. The molecular formula is C14H20N2O3. The van der Waals surface area contributed by atoms with Crippen LogP contribution in [0.2, 0.25) is 0 Å². The van der Waals surface area contributed by atoms with Crippen molar-refractivity contribution in [3.05, 3.63) is 24.3 Å². The zero-order valence-electron chi connectivity index (χ0n) is 11.2. The molecule has 1 aliphatic rings. The molecular weight excluding hydrogens is 244 g/mol. The van der Waals surface area contributed by atoms with Gasteiger partial charge in [-0.1, -0.05) is 0 Å². The van der Waals surface area contributed by atoms with Gasteiger partial charge in [0.1, 0.15) is 5.75 Å². The average Bonchev–Trinajstić information content (AvgIpc) is 2.40. The van der Waals surface area contributed by atoms with Crippen LogP contribution in [0.1, 0.15) is 6.92 Å². The lowest BCUT2D eigenvalue weighted by Gasteiger charge is -2.35.